The lowest BCUT2D eigenvalue weighted by Crippen LogP contribution is -2.68. The lowest BCUT2D eigenvalue weighted by atomic mass is 9.76. The van der Waals surface area contributed by atoms with E-state index in [2.05, 4.69) is 5.32 Å². The maximum atomic E-state index is 11.3. The van der Waals surface area contributed by atoms with Gasteiger partial charge < -0.3 is 9.47 Å². The number of hydrogen-bond acceptors (Lipinski definition) is 4. The van der Waals surface area contributed by atoms with Gasteiger partial charge in [-0.15, -0.1) is 0 Å². The van der Waals surface area contributed by atoms with E-state index < -0.39 is 0 Å². The number of carbonyl (C=O) groups excluding carboxylic acids is 1. The van der Waals surface area contributed by atoms with Crippen LogP contribution in [0.25, 0.3) is 0 Å². The average molecular weight is 199 g/mol. The second-order valence-corrected chi connectivity index (χ2v) is 4.05. The fourth-order valence-corrected chi connectivity index (χ4v) is 2.23. The Hall–Kier alpha value is -0.610. The largest absolute Gasteiger partial charge is 0.465 e. The monoisotopic (exact) mass is 199 g/mol. The smallest absolute Gasteiger partial charge is 0.323 e. The second kappa shape index (κ2) is 3.87. The predicted octanol–water partition coefficient (Wildman–Crippen LogP) is 0.461. The minimum Gasteiger partial charge on any atom is -0.465 e. The highest BCUT2D eigenvalue weighted by Crippen LogP contribution is 2.34. The number of hydrogen-bond donors (Lipinski definition) is 1. The minimum absolute atomic E-state index is 0.0759. The first-order valence-electron chi connectivity index (χ1n) is 5.28. The van der Waals surface area contributed by atoms with Crippen LogP contribution in [-0.4, -0.2) is 37.4 Å². The van der Waals surface area contributed by atoms with Crippen molar-refractivity contribution in [3.05, 3.63) is 0 Å². The highest BCUT2D eigenvalue weighted by Gasteiger charge is 2.47. The molecule has 0 bridgehead atoms. The molecule has 4 nitrogen and oxygen atoms in total. The van der Waals surface area contributed by atoms with E-state index >= 15 is 0 Å². The molecule has 2 heterocycles. The highest BCUT2D eigenvalue weighted by atomic mass is 16.5. The topological polar surface area (TPSA) is 47.6 Å². The number of ether oxygens (including phenoxy) is 2. The van der Waals surface area contributed by atoms with Crippen molar-refractivity contribution in [3.63, 3.8) is 0 Å². The molecule has 14 heavy (non-hydrogen) atoms. The summed E-state index contributed by atoms with van der Waals surface area (Å²) in [4.78, 5) is 11.3. The molecule has 0 aromatic heterocycles. The fraction of sp³-hybridized carbons (Fsp3) is 0.900. The van der Waals surface area contributed by atoms with Gasteiger partial charge in [0.15, 0.2) is 0 Å². The first-order valence-corrected chi connectivity index (χ1v) is 5.28. The molecule has 1 N–H and O–H groups in total. The molecular formula is C10H17NO3. The van der Waals surface area contributed by atoms with Crippen LogP contribution < -0.4 is 5.32 Å². The van der Waals surface area contributed by atoms with Gasteiger partial charge in [0.1, 0.15) is 6.04 Å². The lowest BCUT2D eigenvalue weighted by molar-refractivity contribution is -0.152. The van der Waals surface area contributed by atoms with Gasteiger partial charge in [0.25, 0.3) is 0 Å². The zero-order chi connectivity index (χ0) is 10.0. The molecule has 4 heteroatoms. The van der Waals surface area contributed by atoms with Crippen LogP contribution in [0.5, 0.6) is 0 Å². The van der Waals surface area contributed by atoms with Crippen LogP contribution in [0.15, 0.2) is 0 Å². The van der Waals surface area contributed by atoms with Gasteiger partial charge >= 0.3 is 5.97 Å². The lowest BCUT2D eigenvalue weighted by Gasteiger charge is -2.50. The third-order valence-electron chi connectivity index (χ3n) is 3.10. The zero-order valence-corrected chi connectivity index (χ0v) is 8.54. The molecule has 1 atom stereocenters. The fourth-order valence-electron chi connectivity index (χ4n) is 2.23. The number of nitrogens with one attached hydrogen (secondary N) is 1. The van der Waals surface area contributed by atoms with Crippen molar-refractivity contribution in [2.24, 2.45) is 0 Å². The zero-order valence-electron chi connectivity index (χ0n) is 8.54. The van der Waals surface area contributed by atoms with Gasteiger partial charge in [-0.3, -0.25) is 10.1 Å². The van der Waals surface area contributed by atoms with E-state index in [1.165, 1.54) is 0 Å². The van der Waals surface area contributed by atoms with Gasteiger partial charge in [-0.1, -0.05) is 0 Å². The molecule has 80 valence electrons. The number of rotatable bonds is 2. The Morgan fingerprint density at radius 2 is 2.21 bits per heavy atom. The Kier molecular flexibility index (Phi) is 2.74. The van der Waals surface area contributed by atoms with E-state index in [9.17, 15) is 4.79 Å². The quantitative estimate of drug-likeness (QED) is 0.656. The van der Waals surface area contributed by atoms with Crippen molar-refractivity contribution in [2.45, 2.75) is 37.8 Å². The normalized spacial score (nSPS) is 29.6. The van der Waals surface area contributed by atoms with Crippen LogP contribution in [0.2, 0.25) is 0 Å². The Bertz CT molecular complexity index is 215. The van der Waals surface area contributed by atoms with Gasteiger partial charge in [0.05, 0.1) is 6.61 Å². The van der Waals surface area contributed by atoms with Crippen molar-refractivity contribution < 1.29 is 14.3 Å². The van der Waals surface area contributed by atoms with E-state index in [-0.39, 0.29) is 17.6 Å². The minimum atomic E-state index is -0.107. The molecule has 0 saturated carbocycles. The van der Waals surface area contributed by atoms with Crippen molar-refractivity contribution in [3.8, 4) is 0 Å². The summed E-state index contributed by atoms with van der Waals surface area (Å²) in [5.41, 5.74) is 0.176. The van der Waals surface area contributed by atoms with Gasteiger partial charge in [-0.05, 0) is 26.2 Å². The van der Waals surface area contributed by atoms with Crippen molar-refractivity contribution in [2.75, 3.05) is 19.8 Å². The Labute approximate surface area is 84.0 Å². The molecule has 2 rings (SSSR count). The van der Waals surface area contributed by atoms with Crippen molar-refractivity contribution in [1.82, 2.24) is 5.32 Å². The molecule has 0 amide bonds. The first kappa shape index (κ1) is 9.93. The summed E-state index contributed by atoms with van der Waals surface area (Å²) >= 11 is 0. The third kappa shape index (κ3) is 1.77. The first-order chi connectivity index (χ1) is 6.76. The second-order valence-electron chi connectivity index (χ2n) is 4.05. The Morgan fingerprint density at radius 3 is 2.79 bits per heavy atom. The molecule has 0 aromatic carbocycles. The van der Waals surface area contributed by atoms with Crippen LogP contribution in [-0.2, 0) is 14.3 Å². The summed E-state index contributed by atoms with van der Waals surface area (Å²) < 4.78 is 10.2. The van der Waals surface area contributed by atoms with Crippen LogP contribution >= 0.6 is 0 Å². The van der Waals surface area contributed by atoms with E-state index in [4.69, 9.17) is 9.47 Å². The van der Waals surface area contributed by atoms with E-state index in [0.717, 1.165) is 32.5 Å². The molecule has 0 radical (unpaired) electrons. The van der Waals surface area contributed by atoms with Gasteiger partial charge in [0.2, 0.25) is 0 Å². The molecular weight excluding hydrogens is 182 g/mol. The Morgan fingerprint density at radius 1 is 1.57 bits per heavy atom. The average Bonchev–Trinajstić information content (AvgIpc) is 2.16. The van der Waals surface area contributed by atoms with Crippen LogP contribution in [0.3, 0.4) is 0 Å². The van der Waals surface area contributed by atoms with Gasteiger partial charge in [0, 0.05) is 18.8 Å². The van der Waals surface area contributed by atoms with Crippen molar-refractivity contribution >= 4 is 5.97 Å². The summed E-state index contributed by atoms with van der Waals surface area (Å²) in [6.07, 6.45) is 2.95. The van der Waals surface area contributed by atoms with Crippen molar-refractivity contribution in [1.29, 1.82) is 0 Å². The standard InChI is InChI=1S/C10H17NO3/c1-2-14-9(12)8-7-10(11-8)3-5-13-6-4-10/h8,11H,2-7H2,1H3. The highest BCUT2D eigenvalue weighted by molar-refractivity contribution is 5.77. The molecule has 0 aliphatic carbocycles. The number of carbonyl (C=O) groups is 1. The molecule has 2 saturated heterocycles. The molecule has 2 aliphatic heterocycles. The van der Waals surface area contributed by atoms with Crippen LogP contribution in [0.1, 0.15) is 26.2 Å². The number of esters is 1. The summed E-state index contributed by atoms with van der Waals surface area (Å²) in [5.74, 6) is -0.107. The third-order valence-corrected chi connectivity index (χ3v) is 3.10. The molecule has 1 unspecified atom stereocenters. The van der Waals surface area contributed by atoms with E-state index in [1.54, 1.807) is 0 Å². The predicted molar refractivity (Wildman–Crippen MR) is 51.0 cm³/mol. The summed E-state index contributed by atoms with van der Waals surface area (Å²) in [6.45, 7) is 3.92. The summed E-state index contributed by atoms with van der Waals surface area (Å²) in [5, 5.41) is 3.33. The Balaban J connectivity index is 1.79. The summed E-state index contributed by atoms with van der Waals surface area (Å²) in [6, 6.07) is -0.0759. The molecule has 2 fully saturated rings. The van der Waals surface area contributed by atoms with Crippen LogP contribution in [0.4, 0.5) is 0 Å². The molecule has 1 spiro atoms. The maximum Gasteiger partial charge on any atom is 0.323 e. The SMILES string of the molecule is CCOC(=O)C1CC2(CCOCC2)N1. The van der Waals surface area contributed by atoms with Gasteiger partial charge in [-0.2, -0.15) is 0 Å². The molecule has 2 aliphatic rings. The van der Waals surface area contributed by atoms with E-state index in [0.29, 0.717) is 6.61 Å². The molecule has 0 aromatic rings. The van der Waals surface area contributed by atoms with Crippen LogP contribution in [0, 0.1) is 0 Å². The van der Waals surface area contributed by atoms with Gasteiger partial charge in [-0.25, -0.2) is 0 Å². The summed E-state index contributed by atoms with van der Waals surface area (Å²) in [7, 11) is 0. The van der Waals surface area contributed by atoms with E-state index in [1.807, 2.05) is 6.92 Å². The maximum absolute atomic E-state index is 11.3.